The van der Waals surface area contributed by atoms with E-state index in [2.05, 4.69) is 45.7 Å². The third kappa shape index (κ3) is 2.19. The Bertz CT molecular complexity index is 765. The number of aromatic nitrogens is 3. The van der Waals surface area contributed by atoms with Crippen LogP contribution in [0, 0.1) is 4.77 Å². The summed E-state index contributed by atoms with van der Waals surface area (Å²) in [6.07, 6.45) is 4.79. The van der Waals surface area contributed by atoms with Crippen molar-refractivity contribution in [1.82, 2.24) is 14.5 Å². The Kier molecular flexibility index (Phi) is 3.17. The topological polar surface area (TPSA) is 33.6 Å². The van der Waals surface area contributed by atoms with Crippen molar-refractivity contribution in [1.29, 1.82) is 0 Å². The Morgan fingerprint density at radius 2 is 2.11 bits per heavy atom. The summed E-state index contributed by atoms with van der Waals surface area (Å²) < 4.78 is 2.91. The van der Waals surface area contributed by atoms with Crippen LogP contribution in [0.2, 0.25) is 0 Å². The molecular formula is C15H15N3S. The van der Waals surface area contributed by atoms with E-state index in [1.807, 2.05) is 18.5 Å². The predicted octanol–water partition coefficient (Wildman–Crippen LogP) is 3.70. The third-order valence-electron chi connectivity index (χ3n) is 3.36. The lowest BCUT2D eigenvalue weighted by atomic mass is 10.1. The van der Waals surface area contributed by atoms with E-state index in [4.69, 9.17) is 12.2 Å². The third-order valence-corrected chi connectivity index (χ3v) is 3.70. The van der Waals surface area contributed by atoms with Gasteiger partial charge in [0.2, 0.25) is 0 Å². The molecule has 0 radical (unpaired) electrons. The van der Waals surface area contributed by atoms with Gasteiger partial charge in [-0.15, -0.1) is 0 Å². The van der Waals surface area contributed by atoms with E-state index in [-0.39, 0.29) is 0 Å². The first kappa shape index (κ1) is 12.1. The van der Waals surface area contributed by atoms with Gasteiger partial charge in [-0.1, -0.05) is 31.2 Å². The van der Waals surface area contributed by atoms with Crippen molar-refractivity contribution < 1.29 is 0 Å². The summed E-state index contributed by atoms with van der Waals surface area (Å²) in [5.41, 5.74) is 3.47. The molecule has 0 aliphatic rings. The number of benzene rings is 1. The Hall–Kier alpha value is -1.94. The Balaban J connectivity index is 2.11. The highest BCUT2D eigenvalue weighted by molar-refractivity contribution is 7.71. The second-order valence-electron chi connectivity index (χ2n) is 4.52. The van der Waals surface area contributed by atoms with Gasteiger partial charge in [0.15, 0.2) is 4.77 Å². The number of rotatable bonds is 3. The second kappa shape index (κ2) is 4.97. The average molecular weight is 269 g/mol. The lowest BCUT2D eigenvalue weighted by Gasteiger charge is -2.09. The van der Waals surface area contributed by atoms with Crippen molar-refractivity contribution in [2.24, 2.45) is 0 Å². The number of H-pyrrole nitrogens is 1. The van der Waals surface area contributed by atoms with Gasteiger partial charge in [0.05, 0.1) is 12.1 Å². The molecule has 3 nitrogen and oxygen atoms in total. The molecule has 0 unspecified atom stereocenters. The van der Waals surface area contributed by atoms with Crippen molar-refractivity contribution in [3.05, 3.63) is 58.8 Å². The monoisotopic (exact) mass is 269 g/mol. The molecule has 0 saturated heterocycles. The first-order chi connectivity index (χ1) is 9.29. The van der Waals surface area contributed by atoms with Gasteiger partial charge in [0.25, 0.3) is 0 Å². The molecule has 2 aromatic heterocycles. The number of aryl methyl sites for hydroxylation is 1. The predicted molar refractivity (Wildman–Crippen MR) is 79.8 cm³/mol. The van der Waals surface area contributed by atoms with E-state index in [1.165, 1.54) is 16.6 Å². The molecule has 4 heteroatoms. The summed E-state index contributed by atoms with van der Waals surface area (Å²) in [5, 5.41) is 1.17. The SMILES string of the molecule is CCc1c[nH]c(=S)n1Cc1cccc2cccnc12. The smallest absolute Gasteiger partial charge is 0.177 e. The summed E-state index contributed by atoms with van der Waals surface area (Å²) in [6, 6.07) is 10.3. The molecule has 0 aliphatic heterocycles. The van der Waals surface area contributed by atoms with Crippen molar-refractivity contribution in [2.75, 3.05) is 0 Å². The second-order valence-corrected chi connectivity index (χ2v) is 4.90. The van der Waals surface area contributed by atoms with Crippen LogP contribution in [0.3, 0.4) is 0 Å². The van der Waals surface area contributed by atoms with Gasteiger partial charge in [0.1, 0.15) is 0 Å². The van der Waals surface area contributed by atoms with Crippen LogP contribution in [0.4, 0.5) is 0 Å². The van der Waals surface area contributed by atoms with Crippen LogP contribution in [0.5, 0.6) is 0 Å². The van der Waals surface area contributed by atoms with Gasteiger partial charge in [-0.05, 0) is 30.3 Å². The minimum Gasteiger partial charge on any atom is -0.337 e. The standard InChI is InChI=1S/C15H15N3S/c1-2-13-9-17-15(19)18(13)10-12-6-3-5-11-7-4-8-16-14(11)12/h3-9H,2,10H2,1H3,(H,17,19). The first-order valence-electron chi connectivity index (χ1n) is 6.39. The van der Waals surface area contributed by atoms with Crippen molar-refractivity contribution in [2.45, 2.75) is 19.9 Å². The Morgan fingerprint density at radius 3 is 2.95 bits per heavy atom. The van der Waals surface area contributed by atoms with E-state index in [0.717, 1.165) is 23.3 Å². The number of fused-ring (bicyclic) bond motifs is 1. The summed E-state index contributed by atoms with van der Waals surface area (Å²) in [6.45, 7) is 2.90. The zero-order valence-corrected chi connectivity index (χ0v) is 11.6. The largest absolute Gasteiger partial charge is 0.337 e. The van der Waals surface area contributed by atoms with Crippen LogP contribution in [-0.2, 0) is 13.0 Å². The highest BCUT2D eigenvalue weighted by Crippen LogP contribution is 2.18. The van der Waals surface area contributed by atoms with Crippen LogP contribution >= 0.6 is 12.2 Å². The summed E-state index contributed by atoms with van der Waals surface area (Å²) in [7, 11) is 0. The molecule has 3 rings (SSSR count). The normalized spacial score (nSPS) is 11.0. The number of imidazole rings is 1. The van der Waals surface area contributed by atoms with Gasteiger partial charge < -0.3 is 9.55 Å². The highest BCUT2D eigenvalue weighted by Gasteiger charge is 2.06. The van der Waals surface area contributed by atoms with E-state index in [1.54, 1.807) is 0 Å². The minimum atomic E-state index is 0.764. The maximum atomic E-state index is 5.35. The molecule has 0 saturated carbocycles. The van der Waals surface area contributed by atoms with Crippen molar-refractivity contribution >= 4 is 23.1 Å². The van der Waals surface area contributed by atoms with E-state index in [0.29, 0.717) is 0 Å². The van der Waals surface area contributed by atoms with Gasteiger partial charge >= 0.3 is 0 Å². The van der Waals surface area contributed by atoms with E-state index < -0.39 is 0 Å². The Labute approximate surface area is 116 Å². The van der Waals surface area contributed by atoms with Crippen molar-refractivity contribution in [3.63, 3.8) is 0 Å². The molecule has 0 aliphatic carbocycles. The zero-order valence-electron chi connectivity index (χ0n) is 10.8. The van der Waals surface area contributed by atoms with Crippen LogP contribution in [0.25, 0.3) is 10.9 Å². The first-order valence-corrected chi connectivity index (χ1v) is 6.80. The fourth-order valence-electron chi connectivity index (χ4n) is 2.36. The molecule has 2 heterocycles. The molecule has 0 bridgehead atoms. The van der Waals surface area contributed by atoms with Crippen molar-refractivity contribution in [3.8, 4) is 0 Å². The molecule has 0 atom stereocenters. The molecule has 0 amide bonds. The maximum Gasteiger partial charge on any atom is 0.177 e. The molecule has 3 aromatic rings. The number of pyridine rings is 1. The number of hydrogen-bond donors (Lipinski definition) is 1. The molecule has 96 valence electrons. The van der Waals surface area contributed by atoms with E-state index >= 15 is 0 Å². The number of para-hydroxylation sites is 1. The zero-order chi connectivity index (χ0) is 13.2. The summed E-state index contributed by atoms with van der Waals surface area (Å²) >= 11 is 5.35. The fourth-order valence-corrected chi connectivity index (χ4v) is 2.60. The van der Waals surface area contributed by atoms with Gasteiger partial charge in [-0.25, -0.2) is 0 Å². The van der Waals surface area contributed by atoms with Crippen LogP contribution < -0.4 is 0 Å². The fraction of sp³-hybridized carbons (Fsp3) is 0.200. The molecule has 1 N–H and O–H groups in total. The molecular weight excluding hydrogens is 254 g/mol. The highest BCUT2D eigenvalue weighted by atomic mass is 32.1. The minimum absolute atomic E-state index is 0.764. The lowest BCUT2D eigenvalue weighted by Crippen LogP contribution is -2.04. The number of hydrogen-bond acceptors (Lipinski definition) is 2. The van der Waals surface area contributed by atoms with Crippen LogP contribution in [0.1, 0.15) is 18.2 Å². The lowest BCUT2D eigenvalue weighted by molar-refractivity contribution is 0.739. The number of aromatic amines is 1. The number of nitrogens with one attached hydrogen (secondary N) is 1. The summed E-state index contributed by atoms with van der Waals surface area (Å²) in [4.78, 5) is 7.60. The Morgan fingerprint density at radius 1 is 1.26 bits per heavy atom. The van der Waals surface area contributed by atoms with E-state index in [9.17, 15) is 0 Å². The molecule has 0 fully saturated rings. The van der Waals surface area contributed by atoms with Crippen LogP contribution in [0.15, 0.2) is 42.7 Å². The average Bonchev–Trinajstić information content (AvgIpc) is 2.80. The summed E-state index contributed by atoms with van der Waals surface area (Å²) in [5.74, 6) is 0. The molecule has 19 heavy (non-hydrogen) atoms. The molecule has 1 aromatic carbocycles. The van der Waals surface area contributed by atoms with Gasteiger partial charge in [0, 0.05) is 23.5 Å². The maximum absolute atomic E-state index is 5.35. The van der Waals surface area contributed by atoms with Gasteiger partial charge in [-0.2, -0.15) is 0 Å². The number of nitrogens with zero attached hydrogens (tertiary/aromatic N) is 2. The quantitative estimate of drug-likeness (QED) is 0.735. The van der Waals surface area contributed by atoms with Crippen LogP contribution in [-0.4, -0.2) is 14.5 Å². The molecule has 0 spiro atoms. The van der Waals surface area contributed by atoms with Gasteiger partial charge in [-0.3, -0.25) is 4.98 Å².